The van der Waals surface area contributed by atoms with E-state index in [1.165, 1.54) is 20.0 Å². The number of carbonyl (C=O) groups is 5. The molecular formula is C48H59N11O7. The lowest BCUT2D eigenvalue weighted by molar-refractivity contribution is -0.141. The molecule has 1 aliphatic rings. The maximum atomic E-state index is 14.7. The Labute approximate surface area is 384 Å². The van der Waals surface area contributed by atoms with E-state index in [0.29, 0.717) is 28.3 Å². The second kappa shape index (κ2) is 21.5. The van der Waals surface area contributed by atoms with Gasteiger partial charge < -0.3 is 47.1 Å². The lowest BCUT2D eigenvalue weighted by atomic mass is 9.86. The van der Waals surface area contributed by atoms with Crippen LogP contribution in [0.5, 0.6) is 11.5 Å². The average Bonchev–Trinajstić information content (AvgIpc) is 3.26. The zero-order valence-electron chi connectivity index (χ0n) is 38.6. The first-order chi connectivity index (χ1) is 31.2. The number of aromatic nitrogens is 2. The topological polar surface area (TPSA) is 278 Å². The Morgan fingerprint density at radius 1 is 1.00 bits per heavy atom. The molecule has 2 heterocycles. The monoisotopic (exact) mass is 901 g/mol. The molecule has 0 radical (unpaired) electrons. The van der Waals surface area contributed by atoms with Gasteiger partial charge in [0.05, 0.1) is 35.4 Å². The van der Waals surface area contributed by atoms with E-state index in [-0.39, 0.29) is 78.5 Å². The van der Waals surface area contributed by atoms with E-state index in [1.54, 1.807) is 51.1 Å². The maximum Gasteiger partial charge on any atom is 0.255 e. The third kappa shape index (κ3) is 12.0. The smallest absolute Gasteiger partial charge is 0.255 e. The van der Waals surface area contributed by atoms with Crippen LogP contribution < -0.4 is 37.1 Å². The van der Waals surface area contributed by atoms with Crippen molar-refractivity contribution in [2.24, 2.45) is 5.73 Å². The molecule has 0 fully saturated rings. The minimum absolute atomic E-state index is 0.0160. The van der Waals surface area contributed by atoms with E-state index < -0.39 is 53.7 Å². The van der Waals surface area contributed by atoms with Gasteiger partial charge in [-0.15, -0.1) is 0 Å². The van der Waals surface area contributed by atoms with Gasteiger partial charge in [-0.05, 0) is 87.0 Å². The van der Waals surface area contributed by atoms with E-state index in [4.69, 9.17) is 21.1 Å². The summed E-state index contributed by atoms with van der Waals surface area (Å²) >= 11 is 0. The summed E-state index contributed by atoms with van der Waals surface area (Å²) in [5, 5.41) is 41.7. The molecule has 18 nitrogen and oxygen atoms in total. The van der Waals surface area contributed by atoms with Gasteiger partial charge in [0.15, 0.2) is 5.82 Å². The fourth-order valence-electron chi connectivity index (χ4n) is 7.60. The van der Waals surface area contributed by atoms with Crippen LogP contribution >= 0.6 is 0 Å². The average molecular weight is 902 g/mol. The van der Waals surface area contributed by atoms with Gasteiger partial charge in [-0.25, -0.2) is 9.97 Å². The van der Waals surface area contributed by atoms with Crippen molar-refractivity contribution in [3.63, 3.8) is 0 Å². The number of nitrogens with zero attached hydrogens (tertiary/aromatic N) is 4. The summed E-state index contributed by atoms with van der Waals surface area (Å²) in [5.74, 6) is -2.70. The summed E-state index contributed by atoms with van der Waals surface area (Å²) in [6.07, 6.45) is -0.0688. The Morgan fingerprint density at radius 2 is 1.68 bits per heavy atom. The number of amides is 5. The summed E-state index contributed by atoms with van der Waals surface area (Å²) in [4.78, 5) is 80.7. The number of nitrogens with two attached hydrogens (primary N) is 1. The highest BCUT2D eigenvalue weighted by Crippen LogP contribution is 2.39. The van der Waals surface area contributed by atoms with E-state index >= 15 is 0 Å². The van der Waals surface area contributed by atoms with Crippen LogP contribution in [0.2, 0.25) is 0 Å². The molecule has 4 bridgehead atoms. The SMILES string of the molecule is CC(=N)NCCOc1ccc2cc1-c1cc(ccc1O)CC(C(=O)NCC#N)NC(=O)C(C)NC(=O)C2N(C)C(=O)C(CCN)NC(=O)c1c(C)nc(-c2ccc(C(C)(C)C)cc2)nc1C. The highest BCUT2D eigenvalue weighted by atomic mass is 16.5. The molecule has 348 valence electrons. The molecule has 0 saturated carbocycles. The highest BCUT2D eigenvalue weighted by molar-refractivity contribution is 6.00. The van der Waals surface area contributed by atoms with Crippen molar-refractivity contribution in [2.75, 3.05) is 33.3 Å². The fourth-order valence-corrected chi connectivity index (χ4v) is 7.60. The number of rotatable bonds is 13. The van der Waals surface area contributed by atoms with E-state index in [2.05, 4.69) is 57.3 Å². The van der Waals surface area contributed by atoms with Crippen LogP contribution in [-0.4, -0.2) is 107 Å². The number of aromatic hydroxyl groups is 1. The number of nitriles is 1. The van der Waals surface area contributed by atoms with Gasteiger partial charge in [-0.3, -0.25) is 29.4 Å². The molecule has 1 aliphatic heterocycles. The van der Waals surface area contributed by atoms with Crippen LogP contribution in [0, 0.1) is 30.6 Å². The first kappa shape index (κ1) is 49.6. The quantitative estimate of drug-likeness (QED) is 0.0416. The zero-order valence-corrected chi connectivity index (χ0v) is 38.6. The molecule has 66 heavy (non-hydrogen) atoms. The Morgan fingerprint density at radius 3 is 2.30 bits per heavy atom. The number of aryl methyl sites for hydroxylation is 2. The molecule has 0 aliphatic carbocycles. The van der Waals surface area contributed by atoms with Crippen LogP contribution in [0.4, 0.5) is 0 Å². The predicted octanol–water partition coefficient (Wildman–Crippen LogP) is 3.23. The molecule has 4 unspecified atom stereocenters. The lowest BCUT2D eigenvalue weighted by Gasteiger charge is -2.32. The summed E-state index contributed by atoms with van der Waals surface area (Å²) in [5.41, 5.74) is 10.2. The number of carbonyl (C=O) groups excluding carboxylic acids is 5. The lowest BCUT2D eigenvalue weighted by Crippen LogP contribution is -2.56. The first-order valence-corrected chi connectivity index (χ1v) is 21.6. The Hall–Kier alpha value is -7.39. The van der Waals surface area contributed by atoms with Crippen LogP contribution in [0.1, 0.15) is 85.5 Å². The summed E-state index contributed by atoms with van der Waals surface area (Å²) in [6, 6.07) is 14.0. The Kier molecular flexibility index (Phi) is 16.2. The second-order valence-electron chi connectivity index (χ2n) is 17.3. The number of phenols is 1. The van der Waals surface area contributed by atoms with Crippen molar-refractivity contribution in [2.45, 2.75) is 90.9 Å². The normalized spacial score (nSPS) is 16.6. The number of hydrogen-bond donors (Lipinski definition) is 8. The van der Waals surface area contributed by atoms with Crippen LogP contribution in [0.25, 0.3) is 22.5 Å². The zero-order chi connectivity index (χ0) is 48.5. The maximum absolute atomic E-state index is 14.7. The molecule has 0 spiro atoms. The van der Waals surface area contributed by atoms with Crippen molar-refractivity contribution in [1.29, 1.82) is 10.7 Å². The standard InChI is InChI=1S/C48H59N11O7/c1-26-40(27(2)55-42(54-26)31-10-13-33(14-11-31)48(5,6)7)45(63)57-36(17-18-49)47(65)59(8)41-32-12-16-39(66-22-21-52-29(4)51)35(25-32)34-23-30(9-15-38(34)60)24-37(44(62)53-20-19-50)58-43(61)28(3)56-46(41)64/h9-16,23,25,28,36-37,41,60H,17-18,20-22,24,49H2,1-8H3,(H2,51,52)(H,53,62)(H,56,64)(H,57,63)(H,58,61). The predicted molar refractivity (Wildman–Crippen MR) is 248 cm³/mol. The van der Waals surface area contributed by atoms with E-state index in [9.17, 15) is 29.1 Å². The fraction of sp³-hybridized carbons (Fsp3) is 0.396. The number of hydrogen-bond acceptors (Lipinski definition) is 12. The number of amidine groups is 1. The molecule has 1 aromatic heterocycles. The van der Waals surface area contributed by atoms with Crippen LogP contribution in [0.15, 0.2) is 60.7 Å². The molecule has 5 amide bonds. The van der Waals surface area contributed by atoms with Gasteiger partial charge in [0.2, 0.25) is 23.6 Å². The number of fused-ring (bicyclic) bond motifs is 5. The first-order valence-electron chi connectivity index (χ1n) is 21.6. The van der Waals surface area contributed by atoms with Crippen LogP contribution in [-0.2, 0) is 31.0 Å². The third-order valence-corrected chi connectivity index (χ3v) is 11.1. The van der Waals surface area contributed by atoms with Gasteiger partial charge in [0.25, 0.3) is 5.91 Å². The molecule has 18 heteroatoms. The van der Waals surface area contributed by atoms with Gasteiger partial charge in [0.1, 0.15) is 48.8 Å². The minimum Gasteiger partial charge on any atom is -0.507 e. The second-order valence-corrected chi connectivity index (χ2v) is 17.3. The molecule has 0 saturated heterocycles. The van der Waals surface area contributed by atoms with Crippen LogP contribution in [0.3, 0.4) is 0 Å². The minimum atomic E-state index is -1.45. The molecule has 4 aromatic rings. The Bertz CT molecular complexity index is 2510. The molecular weight excluding hydrogens is 843 g/mol. The van der Waals surface area contributed by atoms with Gasteiger partial charge in [-0.1, -0.05) is 57.2 Å². The van der Waals surface area contributed by atoms with Gasteiger partial charge >= 0.3 is 0 Å². The van der Waals surface area contributed by atoms with Crippen molar-refractivity contribution in [1.82, 2.24) is 41.5 Å². The number of benzene rings is 3. The Balaban J connectivity index is 1.55. The summed E-state index contributed by atoms with van der Waals surface area (Å²) in [7, 11) is 1.39. The molecule has 9 N–H and O–H groups in total. The number of phenolic OH excluding ortho intramolecular Hbond substituents is 1. The summed E-state index contributed by atoms with van der Waals surface area (Å²) in [6.45, 7) is 12.8. The van der Waals surface area contributed by atoms with E-state index in [0.717, 1.165) is 16.0 Å². The van der Waals surface area contributed by atoms with Gasteiger partial charge in [-0.2, -0.15) is 5.26 Å². The van der Waals surface area contributed by atoms with Gasteiger partial charge in [0, 0.05) is 30.2 Å². The number of likely N-dealkylation sites (N-methyl/N-ethyl adjacent to an activating group) is 1. The third-order valence-electron chi connectivity index (χ3n) is 11.1. The highest BCUT2D eigenvalue weighted by Gasteiger charge is 2.36. The van der Waals surface area contributed by atoms with Crippen molar-refractivity contribution in [3.8, 4) is 40.1 Å². The van der Waals surface area contributed by atoms with Crippen molar-refractivity contribution in [3.05, 3.63) is 94.3 Å². The molecule has 5 rings (SSSR count). The number of nitrogens with one attached hydrogen (secondary N) is 6. The van der Waals surface area contributed by atoms with Crippen molar-refractivity contribution < 1.29 is 33.8 Å². The molecule has 3 aromatic carbocycles. The summed E-state index contributed by atoms with van der Waals surface area (Å²) < 4.78 is 6.14. The van der Waals surface area contributed by atoms with Crippen molar-refractivity contribution >= 4 is 35.4 Å². The molecule has 4 atom stereocenters. The number of ether oxygens (including phenoxy) is 1. The largest absolute Gasteiger partial charge is 0.507 e. The van der Waals surface area contributed by atoms with E-state index in [1.807, 2.05) is 30.3 Å².